The van der Waals surface area contributed by atoms with Crippen LogP contribution in [0.3, 0.4) is 0 Å². The largest absolute Gasteiger partial charge is 0.474 e. The van der Waals surface area contributed by atoms with Gasteiger partial charge in [-0.25, -0.2) is 0 Å². The zero-order chi connectivity index (χ0) is 22.9. The summed E-state index contributed by atoms with van der Waals surface area (Å²) >= 11 is 0. The molecule has 0 N–H and O–H groups in total. The normalized spacial score (nSPS) is 14.7. The minimum atomic E-state index is -1.50. The first-order chi connectivity index (χ1) is 13.8. The molecule has 6 heteroatoms. The quantitative estimate of drug-likeness (QED) is 0.192. The summed E-state index contributed by atoms with van der Waals surface area (Å²) in [5.74, 6) is -0.224. The molecule has 0 fully saturated rings. The van der Waals surface area contributed by atoms with Crippen molar-refractivity contribution in [2.45, 2.75) is 118 Å². The fourth-order valence-corrected chi connectivity index (χ4v) is 5.84. The van der Waals surface area contributed by atoms with Crippen LogP contribution in [0.1, 0.15) is 84.3 Å². The number of hydrogen-bond acceptors (Lipinski definition) is 4. The molecule has 1 rings (SSSR count). The maximum Gasteiger partial charge on any atom is 0.303 e. The molecule has 2 atom stereocenters. The lowest BCUT2D eigenvalue weighted by Crippen LogP contribution is -2.36. The van der Waals surface area contributed by atoms with E-state index in [1.165, 1.54) is 26.2 Å². The fourth-order valence-electron chi connectivity index (χ4n) is 3.63. The fraction of sp³-hybridized carbons (Fsp3) is 0.792. The minimum absolute atomic E-state index is 0.189. The number of ether oxygens (including phenoxy) is 1. The Hall–Kier alpha value is -0.856. The smallest absolute Gasteiger partial charge is 0.303 e. The van der Waals surface area contributed by atoms with Crippen molar-refractivity contribution in [3.05, 3.63) is 17.9 Å². The third kappa shape index (κ3) is 10.4. The molecule has 30 heavy (non-hydrogen) atoms. The first-order valence-electron chi connectivity index (χ1n) is 11.7. The van der Waals surface area contributed by atoms with Gasteiger partial charge in [0, 0.05) is 18.6 Å². The summed E-state index contributed by atoms with van der Waals surface area (Å²) in [5.41, 5.74) is 1.22. The number of hydrogen-bond donors (Lipinski definition) is 0. The van der Waals surface area contributed by atoms with Crippen LogP contribution in [-0.4, -0.2) is 29.2 Å². The van der Waals surface area contributed by atoms with Crippen LogP contribution in [0.4, 0.5) is 0 Å². The maximum atomic E-state index is 11.6. The van der Waals surface area contributed by atoms with E-state index in [0.717, 1.165) is 36.6 Å². The van der Waals surface area contributed by atoms with Crippen molar-refractivity contribution in [3.63, 3.8) is 0 Å². The zero-order valence-electron chi connectivity index (χ0n) is 21.0. The van der Waals surface area contributed by atoms with Crippen molar-refractivity contribution in [3.8, 4) is 0 Å². The van der Waals surface area contributed by atoms with E-state index in [2.05, 4.69) is 59.6 Å². The van der Waals surface area contributed by atoms with Crippen LogP contribution in [0.15, 0.2) is 16.7 Å². The molecule has 1 aromatic heterocycles. The molecule has 0 bridgehead atoms. The van der Waals surface area contributed by atoms with E-state index < -0.39 is 17.1 Å². The number of unbranched alkanes of at least 4 members (excludes halogenated alkanes) is 4. The molecular formula is C24H46O4Si2. The van der Waals surface area contributed by atoms with Gasteiger partial charge in [-0.1, -0.05) is 66.1 Å². The van der Waals surface area contributed by atoms with Crippen LogP contribution in [0.5, 0.6) is 0 Å². The molecule has 0 amide bonds. The van der Waals surface area contributed by atoms with Crippen molar-refractivity contribution >= 4 is 28.5 Å². The Morgan fingerprint density at radius 1 is 1.07 bits per heavy atom. The highest BCUT2D eigenvalue weighted by atomic mass is 28.3. The average Bonchev–Trinajstić information content (AvgIpc) is 3.07. The monoisotopic (exact) mass is 454 g/mol. The van der Waals surface area contributed by atoms with Gasteiger partial charge in [-0.3, -0.25) is 4.79 Å². The van der Waals surface area contributed by atoms with Gasteiger partial charge in [0.05, 0.1) is 11.6 Å². The van der Waals surface area contributed by atoms with E-state index in [-0.39, 0.29) is 17.5 Å². The topological polar surface area (TPSA) is 48.7 Å². The number of carbonyl (C=O) groups excluding carboxylic acids is 1. The van der Waals surface area contributed by atoms with E-state index in [1.54, 1.807) is 6.26 Å². The van der Waals surface area contributed by atoms with Crippen molar-refractivity contribution < 1.29 is 18.4 Å². The highest BCUT2D eigenvalue weighted by Crippen LogP contribution is 2.28. The number of carbonyl (C=O) groups is 1. The lowest BCUT2D eigenvalue weighted by atomic mass is 9.86. The highest BCUT2D eigenvalue weighted by molar-refractivity contribution is 6.87. The van der Waals surface area contributed by atoms with Gasteiger partial charge in [0.15, 0.2) is 9.04 Å². The molecule has 0 saturated heterocycles. The van der Waals surface area contributed by atoms with Crippen LogP contribution >= 0.6 is 0 Å². The standard InChI is InChI=1S/C24H46O4Si2/c1-19(25)27-21(20-17-23(26-18-20)30(7,8)9)15-13-11-10-12-14-16-22(24(2,3)4)28-29(5)6/h17-18,21-22,29H,10-16H2,1-9H3. The average molecular weight is 455 g/mol. The molecule has 174 valence electrons. The summed E-state index contributed by atoms with van der Waals surface area (Å²) in [4.78, 5) is 11.6. The molecule has 0 aliphatic heterocycles. The van der Waals surface area contributed by atoms with Gasteiger partial charge >= 0.3 is 5.97 Å². The Morgan fingerprint density at radius 2 is 1.63 bits per heavy atom. The second-order valence-corrected chi connectivity index (χ2v) is 18.3. The third-order valence-electron chi connectivity index (χ3n) is 5.37. The van der Waals surface area contributed by atoms with E-state index >= 15 is 0 Å². The molecule has 0 aromatic carbocycles. The van der Waals surface area contributed by atoms with Crippen molar-refractivity contribution in [1.29, 1.82) is 0 Å². The molecule has 4 nitrogen and oxygen atoms in total. The number of furan rings is 1. The Bertz CT molecular complexity index is 626. The van der Waals surface area contributed by atoms with Crippen LogP contribution in [0.25, 0.3) is 0 Å². The predicted molar refractivity (Wildman–Crippen MR) is 132 cm³/mol. The Labute approximate surface area is 187 Å². The van der Waals surface area contributed by atoms with Gasteiger partial charge in [-0.05, 0) is 43.8 Å². The number of rotatable bonds is 13. The lowest BCUT2D eigenvalue weighted by Gasteiger charge is -2.32. The van der Waals surface area contributed by atoms with E-state index in [9.17, 15) is 4.79 Å². The van der Waals surface area contributed by atoms with Crippen LogP contribution in [-0.2, 0) is 14.0 Å². The first kappa shape index (κ1) is 27.2. The van der Waals surface area contributed by atoms with Gasteiger partial charge < -0.3 is 13.6 Å². The molecular weight excluding hydrogens is 408 g/mol. The predicted octanol–water partition coefficient (Wildman–Crippen LogP) is 6.57. The SMILES string of the molecule is CC(=O)OC(CCCCCCCC(O[SiH](C)C)C(C)(C)C)c1coc([Si](C)(C)C)c1. The molecule has 1 aromatic rings. The first-order valence-corrected chi connectivity index (χ1v) is 18.0. The Kier molecular flexibility index (Phi) is 11.1. The number of esters is 1. The van der Waals surface area contributed by atoms with Gasteiger partial charge in [0.1, 0.15) is 14.2 Å². The van der Waals surface area contributed by atoms with Gasteiger partial charge in [0.2, 0.25) is 0 Å². The maximum absolute atomic E-state index is 11.6. The van der Waals surface area contributed by atoms with Gasteiger partial charge in [-0.15, -0.1) is 0 Å². The molecule has 0 aliphatic carbocycles. The minimum Gasteiger partial charge on any atom is -0.474 e. The molecule has 0 saturated carbocycles. The molecule has 0 spiro atoms. The van der Waals surface area contributed by atoms with Crippen molar-refractivity contribution in [2.75, 3.05) is 0 Å². The summed E-state index contributed by atoms with van der Waals surface area (Å²) < 4.78 is 17.7. The van der Waals surface area contributed by atoms with Crippen LogP contribution in [0.2, 0.25) is 32.7 Å². The second kappa shape index (κ2) is 12.2. The van der Waals surface area contributed by atoms with Crippen molar-refractivity contribution in [2.24, 2.45) is 5.41 Å². The second-order valence-electron chi connectivity index (χ2n) is 11.0. The zero-order valence-corrected chi connectivity index (χ0v) is 23.1. The van der Waals surface area contributed by atoms with Crippen molar-refractivity contribution in [1.82, 2.24) is 0 Å². The van der Waals surface area contributed by atoms with Crippen LogP contribution in [0, 0.1) is 5.41 Å². The van der Waals surface area contributed by atoms with Gasteiger partial charge in [-0.2, -0.15) is 0 Å². The summed E-state index contributed by atoms with van der Waals surface area (Å²) in [6.45, 7) is 19.6. The Morgan fingerprint density at radius 3 is 2.10 bits per heavy atom. The van der Waals surface area contributed by atoms with E-state index in [4.69, 9.17) is 13.6 Å². The van der Waals surface area contributed by atoms with Crippen LogP contribution < -0.4 is 5.38 Å². The highest BCUT2D eigenvalue weighted by Gasteiger charge is 2.26. The molecule has 0 radical (unpaired) electrons. The molecule has 2 unspecified atom stereocenters. The third-order valence-corrected chi connectivity index (χ3v) is 7.99. The molecule has 1 heterocycles. The Balaban J connectivity index is 2.42. The summed E-state index contributed by atoms with van der Waals surface area (Å²) in [7, 11) is -2.51. The molecule has 0 aliphatic rings. The summed E-state index contributed by atoms with van der Waals surface area (Å²) in [5, 5.41) is 1.06. The summed E-state index contributed by atoms with van der Waals surface area (Å²) in [6, 6.07) is 2.10. The lowest BCUT2D eigenvalue weighted by molar-refractivity contribution is -0.147. The van der Waals surface area contributed by atoms with Gasteiger partial charge in [0.25, 0.3) is 0 Å². The van der Waals surface area contributed by atoms with E-state index in [1.807, 2.05) is 0 Å². The summed E-state index contributed by atoms with van der Waals surface area (Å²) in [6.07, 6.45) is 9.87. The van der Waals surface area contributed by atoms with E-state index in [0.29, 0.717) is 6.10 Å².